The molecule has 1 aromatic heterocycles. The van der Waals surface area contributed by atoms with Gasteiger partial charge in [-0.3, -0.25) is 9.59 Å². The Morgan fingerprint density at radius 1 is 1.00 bits per heavy atom. The van der Waals surface area contributed by atoms with Gasteiger partial charge in [0.15, 0.2) is 5.76 Å². The Bertz CT molecular complexity index is 866. The van der Waals surface area contributed by atoms with Gasteiger partial charge < -0.3 is 10.2 Å². The molecule has 4 heteroatoms. The lowest BCUT2D eigenvalue weighted by atomic mass is 10.0. The zero-order chi connectivity index (χ0) is 14.8. The van der Waals surface area contributed by atoms with Crippen molar-refractivity contribution in [2.75, 3.05) is 6.54 Å². The molecule has 0 saturated heterocycles. The maximum atomic E-state index is 12.7. The van der Waals surface area contributed by atoms with E-state index < -0.39 is 5.78 Å². The number of Topliss-reactive ketones (excluding diaryl/α,β-unsaturated/α-hetero) is 1. The maximum absolute atomic E-state index is 12.7. The average Bonchev–Trinajstić information content (AvgIpc) is 2.55. The van der Waals surface area contributed by atoms with Crippen molar-refractivity contribution >= 4 is 16.8 Å². The van der Waals surface area contributed by atoms with E-state index in [4.69, 9.17) is 10.2 Å². The van der Waals surface area contributed by atoms with Gasteiger partial charge in [0.1, 0.15) is 5.58 Å². The second-order valence-electron chi connectivity index (χ2n) is 4.62. The minimum atomic E-state index is -0.392. The molecule has 1 heterocycles. The van der Waals surface area contributed by atoms with Gasteiger partial charge >= 0.3 is 0 Å². The van der Waals surface area contributed by atoms with Gasteiger partial charge in [0, 0.05) is 0 Å². The number of hydrogen-bond acceptors (Lipinski definition) is 4. The molecule has 0 radical (unpaired) electrons. The molecule has 0 spiro atoms. The first-order valence-corrected chi connectivity index (χ1v) is 6.57. The number of benzene rings is 2. The number of hydrogen-bond donors (Lipinski definition) is 1. The van der Waals surface area contributed by atoms with E-state index in [1.54, 1.807) is 48.5 Å². The summed E-state index contributed by atoms with van der Waals surface area (Å²) in [5.74, 6) is -0.371. The highest BCUT2D eigenvalue weighted by Gasteiger charge is 2.20. The Kier molecular flexibility index (Phi) is 3.38. The van der Waals surface area contributed by atoms with E-state index in [0.717, 1.165) is 0 Å². The molecule has 2 N–H and O–H groups in total. The van der Waals surface area contributed by atoms with Crippen molar-refractivity contribution in [1.29, 1.82) is 0 Å². The topological polar surface area (TPSA) is 73.3 Å². The lowest BCUT2D eigenvalue weighted by molar-refractivity contribution is 0.0976. The molecule has 0 amide bonds. The number of carbonyl (C=O) groups excluding carboxylic acids is 1. The molecular formula is C17H13NO3. The van der Waals surface area contributed by atoms with Crippen LogP contribution >= 0.6 is 0 Å². The van der Waals surface area contributed by atoms with E-state index in [-0.39, 0.29) is 23.3 Å². The zero-order valence-electron chi connectivity index (χ0n) is 11.2. The molecule has 0 aliphatic rings. The second kappa shape index (κ2) is 5.34. The van der Waals surface area contributed by atoms with Crippen LogP contribution in [-0.2, 0) is 0 Å². The van der Waals surface area contributed by atoms with Crippen molar-refractivity contribution in [3.63, 3.8) is 0 Å². The van der Waals surface area contributed by atoms with Crippen LogP contribution in [-0.4, -0.2) is 12.3 Å². The minimum absolute atomic E-state index is 0.0207. The summed E-state index contributed by atoms with van der Waals surface area (Å²) in [6, 6.07) is 15.9. The highest BCUT2D eigenvalue weighted by molar-refractivity contribution is 6.02. The van der Waals surface area contributed by atoms with E-state index >= 15 is 0 Å². The van der Waals surface area contributed by atoms with E-state index in [1.807, 2.05) is 6.07 Å². The fourth-order valence-electron chi connectivity index (χ4n) is 2.30. The van der Waals surface area contributed by atoms with Crippen LogP contribution in [0.4, 0.5) is 0 Å². The molecule has 21 heavy (non-hydrogen) atoms. The van der Waals surface area contributed by atoms with Gasteiger partial charge in [-0.15, -0.1) is 0 Å². The molecule has 0 aliphatic carbocycles. The summed E-state index contributed by atoms with van der Waals surface area (Å²) in [4.78, 5) is 24.8. The van der Waals surface area contributed by atoms with Gasteiger partial charge in [-0.25, -0.2) is 0 Å². The van der Waals surface area contributed by atoms with Crippen molar-refractivity contribution in [3.05, 3.63) is 70.6 Å². The fourth-order valence-corrected chi connectivity index (χ4v) is 2.30. The monoisotopic (exact) mass is 279 g/mol. The summed E-state index contributed by atoms with van der Waals surface area (Å²) in [5, 5.41) is 0.449. The third kappa shape index (κ3) is 2.26. The number of para-hydroxylation sites is 1. The molecule has 3 rings (SSSR count). The van der Waals surface area contributed by atoms with Gasteiger partial charge in [0.2, 0.25) is 11.2 Å². The molecule has 3 aromatic rings. The molecule has 0 fully saturated rings. The number of rotatable bonds is 3. The van der Waals surface area contributed by atoms with Crippen LogP contribution in [0.3, 0.4) is 0 Å². The Labute approximate surface area is 120 Å². The first-order valence-electron chi connectivity index (χ1n) is 6.57. The van der Waals surface area contributed by atoms with Crippen LogP contribution in [0, 0.1) is 0 Å². The van der Waals surface area contributed by atoms with Crippen LogP contribution < -0.4 is 11.2 Å². The lowest BCUT2D eigenvalue weighted by Crippen LogP contribution is -2.19. The van der Waals surface area contributed by atoms with Crippen molar-refractivity contribution in [2.24, 2.45) is 5.73 Å². The Hall–Kier alpha value is -2.72. The van der Waals surface area contributed by atoms with Crippen LogP contribution in [0.25, 0.3) is 22.1 Å². The third-order valence-corrected chi connectivity index (χ3v) is 3.30. The van der Waals surface area contributed by atoms with Gasteiger partial charge in [0.25, 0.3) is 0 Å². The second-order valence-corrected chi connectivity index (χ2v) is 4.62. The SMILES string of the molecule is NCC(=O)c1oc2ccccc2c(=O)c1-c1ccccc1. The highest BCUT2D eigenvalue weighted by atomic mass is 16.3. The third-order valence-electron chi connectivity index (χ3n) is 3.30. The van der Waals surface area contributed by atoms with Gasteiger partial charge in [-0.05, 0) is 17.7 Å². The Morgan fingerprint density at radius 2 is 1.67 bits per heavy atom. The molecule has 4 nitrogen and oxygen atoms in total. The molecule has 0 unspecified atom stereocenters. The van der Waals surface area contributed by atoms with Crippen LogP contribution in [0.15, 0.2) is 63.8 Å². The average molecular weight is 279 g/mol. The number of nitrogens with two attached hydrogens (primary N) is 1. The predicted octanol–water partition coefficient (Wildman–Crippen LogP) is 2.60. The molecule has 0 aliphatic heterocycles. The molecule has 0 atom stereocenters. The number of fused-ring (bicyclic) bond motifs is 1. The summed E-state index contributed by atoms with van der Waals surface area (Å²) < 4.78 is 5.65. The molecule has 0 bridgehead atoms. The first kappa shape index (κ1) is 13.3. The van der Waals surface area contributed by atoms with Gasteiger partial charge in [0.05, 0.1) is 17.5 Å². The van der Waals surface area contributed by atoms with Gasteiger partial charge in [-0.1, -0.05) is 42.5 Å². The minimum Gasteiger partial charge on any atom is -0.452 e. The summed E-state index contributed by atoms with van der Waals surface area (Å²) in [7, 11) is 0. The Morgan fingerprint density at radius 3 is 2.38 bits per heavy atom. The molecule has 2 aromatic carbocycles. The van der Waals surface area contributed by atoms with Crippen molar-refractivity contribution < 1.29 is 9.21 Å². The number of ketones is 1. The van der Waals surface area contributed by atoms with Crippen molar-refractivity contribution in [3.8, 4) is 11.1 Å². The van der Waals surface area contributed by atoms with Crippen molar-refractivity contribution in [1.82, 2.24) is 0 Å². The smallest absolute Gasteiger partial charge is 0.212 e. The fraction of sp³-hybridized carbons (Fsp3) is 0.0588. The van der Waals surface area contributed by atoms with E-state index in [1.165, 1.54) is 0 Å². The van der Waals surface area contributed by atoms with Crippen LogP contribution in [0.1, 0.15) is 10.6 Å². The highest BCUT2D eigenvalue weighted by Crippen LogP contribution is 2.24. The van der Waals surface area contributed by atoms with Crippen molar-refractivity contribution in [2.45, 2.75) is 0 Å². The summed E-state index contributed by atoms with van der Waals surface area (Å²) in [6.45, 7) is -0.207. The summed E-state index contributed by atoms with van der Waals surface area (Å²) in [5.41, 5.74) is 6.51. The molecule has 0 saturated carbocycles. The van der Waals surface area contributed by atoms with Crippen LogP contribution in [0.5, 0.6) is 0 Å². The maximum Gasteiger partial charge on any atom is 0.212 e. The van der Waals surface area contributed by atoms with E-state index in [0.29, 0.717) is 16.5 Å². The van der Waals surface area contributed by atoms with Gasteiger partial charge in [-0.2, -0.15) is 0 Å². The van der Waals surface area contributed by atoms with E-state index in [2.05, 4.69) is 0 Å². The molecule has 104 valence electrons. The summed E-state index contributed by atoms with van der Waals surface area (Å²) in [6.07, 6.45) is 0. The standard InChI is InChI=1S/C17H13NO3/c18-10-13(19)17-15(11-6-2-1-3-7-11)16(20)12-8-4-5-9-14(12)21-17/h1-9H,10,18H2. The lowest BCUT2D eigenvalue weighted by Gasteiger charge is -2.08. The normalized spacial score (nSPS) is 10.7. The first-order chi connectivity index (χ1) is 10.2. The van der Waals surface area contributed by atoms with E-state index in [9.17, 15) is 9.59 Å². The molecular weight excluding hydrogens is 266 g/mol. The van der Waals surface area contributed by atoms with Crippen LogP contribution in [0.2, 0.25) is 0 Å². The summed E-state index contributed by atoms with van der Waals surface area (Å²) >= 11 is 0. The Balaban J connectivity index is 2.43. The zero-order valence-corrected chi connectivity index (χ0v) is 11.2. The number of carbonyl (C=O) groups is 1. The predicted molar refractivity (Wildman–Crippen MR) is 81.3 cm³/mol. The quantitative estimate of drug-likeness (QED) is 0.748. The largest absolute Gasteiger partial charge is 0.452 e.